The second kappa shape index (κ2) is 9.27. The lowest BCUT2D eigenvalue weighted by molar-refractivity contribution is -0.384. The molecule has 0 unspecified atom stereocenters. The van der Waals surface area contributed by atoms with E-state index in [0.717, 1.165) is 11.3 Å². The van der Waals surface area contributed by atoms with Crippen molar-refractivity contribution in [3.05, 3.63) is 75.1 Å². The van der Waals surface area contributed by atoms with Crippen molar-refractivity contribution in [1.29, 1.82) is 0 Å². The lowest BCUT2D eigenvalue weighted by atomic mass is 10.1. The van der Waals surface area contributed by atoms with Crippen molar-refractivity contribution in [2.45, 2.75) is 25.0 Å². The topological polar surface area (TPSA) is 94.2 Å². The van der Waals surface area contributed by atoms with Gasteiger partial charge in [-0.1, -0.05) is 41.6 Å². The summed E-state index contributed by atoms with van der Waals surface area (Å²) in [6, 6.07) is 11.6. The Kier molecular flexibility index (Phi) is 6.73. The van der Waals surface area contributed by atoms with Crippen molar-refractivity contribution in [2.24, 2.45) is 0 Å². The third-order valence-electron chi connectivity index (χ3n) is 4.81. The Balaban J connectivity index is 1.69. The van der Waals surface area contributed by atoms with Crippen molar-refractivity contribution in [3.63, 3.8) is 0 Å². The molecule has 0 spiro atoms. The van der Waals surface area contributed by atoms with E-state index in [-0.39, 0.29) is 23.4 Å². The van der Waals surface area contributed by atoms with Gasteiger partial charge in [0.05, 0.1) is 22.4 Å². The number of nitro groups is 1. The fraction of sp³-hybridized carbons (Fsp3) is 0.250. The molecule has 1 aromatic heterocycles. The summed E-state index contributed by atoms with van der Waals surface area (Å²) in [5.74, 6) is 0.0177. The van der Waals surface area contributed by atoms with Gasteiger partial charge in [0.25, 0.3) is 5.69 Å². The van der Waals surface area contributed by atoms with Crippen LogP contribution >= 0.6 is 23.4 Å². The molecule has 1 heterocycles. The van der Waals surface area contributed by atoms with E-state index in [0.29, 0.717) is 15.7 Å². The summed E-state index contributed by atoms with van der Waals surface area (Å²) in [7, 11) is 1.68. The molecule has 156 valence electrons. The molecule has 0 N–H and O–H groups in total. The van der Waals surface area contributed by atoms with Gasteiger partial charge in [0.15, 0.2) is 5.16 Å². The standard InChI is InChI=1S/C20H20ClN5O3S/c1-13-7-8-16(10-18(13)21)25-12-22-23-20(25)30-11-19(27)24(3)14(2)15-5-4-6-17(9-15)26(28)29/h4-10,12,14H,11H2,1-3H3/t14-/m1/s1. The highest BCUT2D eigenvalue weighted by Crippen LogP contribution is 2.26. The normalized spacial score (nSPS) is 11.9. The van der Waals surface area contributed by atoms with Gasteiger partial charge in [0.1, 0.15) is 6.33 Å². The number of halogens is 1. The molecule has 8 nitrogen and oxygen atoms in total. The van der Waals surface area contributed by atoms with Gasteiger partial charge in [-0.25, -0.2) is 0 Å². The first kappa shape index (κ1) is 21.8. The molecular weight excluding hydrogens is 426 g/mol. The minimum absolute atomic E-state index is 0.000524. The largest absolute Gasteiger partial charge is 0.338 e. The SMILES string of the molecule is Cc1ccc(-n2cnnc2SCC(=O)N(C)[C@H](C)c2cccc([N+](=O)[O-])c2)cc1Cl. The summed E-state index contributed by atoms with van der Waals surface area (Å²) < 4.78 is 1.77. The predicted molar refractivity (Wildman–Crippen MR) is 116 cm³/mol. The van der Waals surface area contributed by atoms with Crippen molar-refractivity contribution < 1.29 is 9.72 Å². The van der Waals surface area contributed by atoms with Gasteiger partial charge in [-0.2, -0.15) is 0 Å². The number of rotatable bonds is 7. The molecule has 0 saturated carbocycles. The van der Waals surface area contributed by atoms with E-state index in [1.165, 1.54) is 23.9 Å². The van der Waals surface area contributed by atoms with Crippen LogP contribution < -0.4 is 0 Å². The first-order valence-electron chi connectivity index (χ1n) is 9.07. The molecule has 1 amide bonds. The van der Waals surface area contributed by atoms with Crippen LogP contribution in [-0.2, 0) is 4.79 Å². The number of thioether (sulfide) groups is 1. The van der Waals surface area contributed by atoms with Gasteiger partial charge in [-0.3, -0.25) is 19.5 Å². The number of hydrogen-bond donors (Lipinski definition) is 0. The zero-order valence-corrected chi connectivity index (χ0v) is 18.2. The van der Waals surface area contributed by atoms with Crippen molar-refractivity contribution in [2.75, 3.05) is 12.8 Å². The molecule has 0 bridgehead atoms. The quantitative estimate of drug-likeness (QED) is 0.303. The Bertz CT molecular complexity index is 1090. The number of carbonyl (C=O) groups excluding carboxylic acids is 1. The van der Waals surface area contributed by atoms with Gasteiger partial charge in [0.2, 0.25) is 5.91 Å². The van der Waals surface area contributed by atoms with Crippen molar-refractivity contribution in [3.8, 4) is 5.69 Å². The summed E-state index contributed by atoms with van der Waals surface area (Å²) in [5.41, 5.74) is 2.47. The van der Waals surface area contributed by atoms with E-state index in [2.05, 4.69) is 10.2 Å². The average molecular weight is 446 g/mol. The van der Waals surface area contributed by atoms with Crippen LogP contribution in [0.25, 0.3) is 5.69 Å². The summed E-state index contributed by atoms with van der Waals surface area (Å²) in [6.07, 6.45) is 1.57. The van der Waals surface area contributed by atoms with Gasteiger partial charge in [-0.05, 0) is 37.1 Å². The summed E-state index contributed by atoms with van der Waals surface area (Å²) in [5, 5.41) is 20.2. The minimum atomic E-state index is -0.446. The molecule has 10 heteroatoms. The Morgan fingerprint density at radius 3 is 2.80 bits per heavy atom. The monoisotopic (exact) mass is 445 g/mol. The van der Waals surface area contributed by atoms with Gasteiger partial charge < -0.3 is 4.90 Å². The molecule has 0 saturated heterocycles. The number of nitro benzene ring substituents is 1. The second-order valence-corrected chi connectivity index (χ2v) is 8.09. The first-order chi connectivity index (χ1) is 14.3. The Hall–Kier alpha value is -2.91. The van der Waals surface area contributed by atoms with Gasteiger partial charge in [-0.15, -0.1) is 10.2 Å². The maximum Gasteiger partial charge on any atom is 0.269 e. The summed E-state index contributed by atoms with van der Waals surface area (Å²) in [6.45, 7) is 3.75. The molecule has 0 radical (unpaired) electrons. The molecule has 0 aliphatic carbocycles. The number of amides is 1. The van der Waals surface area contributed by atoms with Crippen molar-refractivity contribution >= 4 is 35.0 Å². The highest BCUT2D eigenvalue weighted by atomic mass is 35.5. The van der Waals surface area contributed by atoms with Gasteiger partial charge in [0, 0.05) is 24.2 Å². The fourth-order valence-electron chi connectivity index (χ4n) is 2.80. The van der Waals surface area contributed by atoms with E-state index in [4.69, 9.17) is 11.6 Å². The Morgan fingerprint density at radius 2 is 2.10 bits per heavy atom. The third-order valence-corrected chi connectivity index (χ3v) is 6.15. The zero-order valence-electron chi connectivity index (χ0n) is 16.7. The first-order valence-corrected chi connectivity index (χ1v) is 10.4. The lowest BCUT2D eigenvalue weighted by Gasteiger charge is -2.25. The molecular formula is C20H20ClN5O3S. The number of nitrogens with zero attached hydrogens (tertiary/aromatic N) is 5. The molecule has 0 fully saturated rings. The van der Waals surface area contributed by atoms with Crippen LogP contribution in [0.2, 0.25) is 5.02 Å². The molecule has 0 aliphatic heterocycles. The maximum atomic E-state index is 12.7. The molecule has 3 rings (SSSR count). The summed E-state index contributed by atoms with van der Waals surface area (Å²) in [4.78, 5) is 24.8. The van der Waals surface area contributed by atoms with E-state index in [1.54, 1.807) is 35.0 Å². The van der Waals surface area contributed by atoms with E-state index >= 15 is 0 Å². The van der Waals surface area contributed by atoms with Crippen LogP contribution in [-0.4, -0.2) is 43.3 Å². The van der Waals surface area contributed by atoms with Crippen LogP contribution in [0.3, 0.4) is 0 Å². The number of hydrogen-bond acceptors (Lipinski definition) is 6. The maximum absolute atomic E-state index is 12.7. The highest BCUT2D eigenvalue weighted by Gasteiger charge is 2.20. The number of aromatic nitrogens is 3. The number of benzene rings is 2. The predicted octanol–water partition coefficient (Wildman–Crippen LogP) is 4.45. The average Bonchev–Trinajstić information content (AvgIpc) is 3.21. The smallest absolute Gasteiger partial charge is 0.269 e. The van der Waals surface area contributed by atoms with Crippen LogP contribution in [0, 0.1) is 17.0 Å². The van der Waals surface area contributed by atoms with E-state index in [1.807, 2.05) is 32.0 Å². The molecule has 1 atom stereocenters. The van der Waals surface area contributed by atoms with Crippen LogP contribution in [0.4, 0.5) is 5.69 Å². The zero-order chi connectivity index (χ0) is 21.8. The van der Waals surface area contributed by atoms with Crippen LogP contribution in [0.5, 0.6) is 0 Å². The molecule has 0 aliphatic rings. The van der Waals surface area contributed by atoms with Crippen molar-refractivity contribution in [1.82, 2.24) is 19.7 Å². The lowest BCUT2D eigenvalue weighted by Crippen LogP contribution is -2.31. The minimum Gasteiger partial charge on any atom is -0.338 e. The van der Waals surface area contributed by atoms with Gasteiger partial charge >= 0.3 is 0 Å². The molecule has 3 aromatic rings. The number of non-ortho nitro benzene ring substituents is 1. The van der Waals surface area contributed by atoms with Crippen LogP contribution in [0.1, 0.15) is 24.1 Å². The fourth-order valence-corrected chi connectivity index (χ4v) is 3.82. The van der Waals surface area contributed by atoms with Crippen LogP contribution in [0.15, 0.2) is 53.9 Å². The third kappa shape index (κ3) is 4.80. The Labute approximate surface area is 183 Å². The summed E-state index contributed by atoms with van der Waals surface area (Å²) >= 11 is 7.47. The van der Waals surface area contributed by atoms with E-state index < -0.39 is 4.92 Å². The molecule has 30 heavy (non-hydrogen) atoms. The highest BCUT2D eigenvalue weighted by molar-refractivity contribution is 7.99. The Morgan fingerprint density at radius 1 is 1.33 bits per heavy atom. The number of aryl methyl sites for hydroxylation is 1. The van der Waals surface area contributed by atoms with E-state index in [9.17, 15) is 14.9 Å². The second-order valence-electron chi connectivity index (χ2n) is 6.74. The molecule has 2 aromatic carbocycles. The number of carbonyl (C=O) groups is 1.